The van der Waals surface area contributed by atoms with Crippen molar-refractivity contribution in [2.45, 2.75) is 49.8 Å². The van der Waals surface area contributed by atoms with E-state index in [0.717, 1.165) is 16.4 Å². The molecule has 3 atom stereocenters. The molecule has 0 aliphatic carbocycles. The largest absolute Gasteiger partial charge is 0.487 e. The first-order chi connectivity index (χ1) is 20.4. The number of nitrogens with zero attached hydrogens (tertiary/aromatic N) is 2. The second kappa shape index (κ2) is 13.6. The molecular weight excluding hydrogens is 574 g/mol. The number of hydrogen-bond acceptors (Lipinski definition) is 8. The topological polar surface area (TPSA) is 148 Å². The zero-order valence-electron chi connectivity index (χ0n) is 24.4. The smallest absolute Gasteiger partial charge is 0.269 e. The zero-order chi connectivity index (χ0) is 31.2. The lowest BCUT2D eigenvalue weighted by Crippen LogP contribution is -2.56. The number of nitrogens with one attached hydrogen (secondary N) is 1. The summed E-state index contributed by atoms with van der Waals surface area (Å²) in [5.41, 5.74) is -0.835. The third-order valence-corrected chi connectivity index (χ3v) is 9.20. The van der Waals surface area contributed by atoms with E-state index in [-0.39, 0.29) is 41.3 Å². The molecule has 3 aromatic carbocycles. The maximum Gasteiger partial charge on any atom is 0.269 e. The molecule has 0 unspecified atom stereocenters. The number of nitro groups is 1. The number of rotatable bonds is 13. The summed E-state index contributed by atoms with van der Waals surface area (Å²) in [6.07, 6.45) is -0.887. The summed E-state index contributed by atoms with van der Waals surface area (Å²) in [6.45, 7) is 6.03. The van der Waals surface area contributed by atoms with Gasteiger partial charge in [0.1, 0.15) is 11.9 Å². The number of hydrogen-bond donors (Lipinski definition) is 2. The predicted octanol–water partition coefficient (Wildman–Crippen LogP) is 4.12. The Morgan fingerprint density at radius 1 is 1.09 bits per heavy atom. The van der Waals surface area contributed by atoms with Crippen molar-refractivity contribution < 1.29 is 32.7 Å². The Morgan fingerprint density at radius 3 is 2.35 bits per heavy atom. The predicted molar refractivity (Wildman–Crippen MR) is 160 cm³/mol. The van der Waals surface area contributed by atoms with Gasteiger partial charge in [-0.2, -0.15) is 4.31 Å². The van der Waals surface area contributed by atoms with Crippen LogP contribution in [0.4, 0.5) is 5.69 Å². The summed E-state index contributed by atoms with van der Waals surface area (Å²) in [6, 6.07) is 20.2. The molecule has 11 nitrogen and oxygen atoms in total. The molecule has 1 aliphatic rings. The standard InChI is InChI=1S/C31H37N3O8S/c1-22(2)19-33(43(39,40)26-15-13-24(14-16-26)34(37)38)20-29(35)31(3,23-9-5-4-6-10-23)32-30(36)27-11-7-8-12-28(27)42-25-17-18-41-21-25/h4-16,22,25,29,35H,17-21H2,1-3H3,(H,32,36)/t25-,29+,31-/m0/s1. The van der Waals surface area contributed by atoms with Gasteiger partial charge in [0.05, 0.1) is 40.2 Å². The molecule has 1 amide bonds. The Labute approximate surface area is 251 Å². The first kappa shape index (κ1) is 32.1. The Morgan fingerprint density at radius 2 is 1.74 bits per heavy atom. The molecule has 3 aromatic rings. The molecule has 43 heavy (non-hydrogen) atoms. The molecule has 0 bridgehead atoms. The Hall–Kier alpha value is -3.84. The lowest BCUT2D eigenvalue weighted by Gasteiger charge is -2.38. The number of benzene rings is 3. The van der Waals surface area contributed by atoms with Crippen LogP contribution in [-0.4, -0.2) is 67.2 Å². The first-order valence-electron chi connectivity index (χ1n) is 14.1. The van der Waals surface area contributed by atoms with Crippen molar-refractivity contribution in [3.63, 3.8) is 0 Å². The fraction of sp³-hybridized carbons (Fsp3) is 0.387. The van der Waals surface area contributed by atoms with Crippen LogP contribution in [-0.2, 0) is 20.3 Å². The molecule has 0 radical (unpaired) electrons. The average Bonchev–Trinajstić information content (AvgIpc) is 3.50. The van der Waals surface area contributed by atoms with Crippen LogP contribution in [0, 0.1) is 16.0 Å². The highest BCUT2D eigenvalue weighted by molar-refractivity contribution is 7.89. The van der Waals surface area contributed by atoms with Crippen molar-refractivity contribution in [1.29, 1.82) is 0 Å². The SMILES string of the molecule is CC(C)CN(C[C@@H](O)[C@@](C)(NC(=O)c1ccccc1O[C@H]1CCOC1)c1ccccc1)S(=O)(=O)c1ccc([N+](=O)[O-])cc1. The van der Waals surface area contributed by atoms with Crippen LogP contribution in [0.2, 0.25) is 0 Å². The first-order valence-corrected chi connectivity index (χ1v) is 15.5. The number of sulfonamides is 1. The minimum Gasteiger partial charge on any atom is -0.487 e. The van der Waals surface area contributed by atoms with E-state index in [9.17, 15) is 28.4 Å². The zero-order valence-corrected chi connectivity index (χ0v) is 25.2. The maximum absolute atomic E-state index is 13.8. The van der Waals surface area contributed by atoms with Crippen LogP contribution < -0.4 is 10.1 Å². The molecule has 0 saturated carbocycles. The average molecular weight is 612 g/mol. The molecule has 1 fully saturated rings. The highest BCUT2D eigenvalue weighted by Crippen LogP contribution is 2.30. The number of carbonyl (C=O) groups excluding carboxylic acids is 1. The normalized spacial score (nSPS) is 17.4. The van der Waals surface area contributed by atoms with Crippen LogP contribution in [0.25, 0.3) is 0 Å². The van der Waals surface area contributed by atoms with Gasteiger partial charge in [0.25, 0.3) is 11.6 Å². The molecule has 0 aromatic heterocycles. The quantitative estimate of drug-likeness (QED) is 0.217. The fourth-order valence-corrected chi connectivity index (χ4v) is 6.53. The van der Waals surface area contributed by atoms with E-state index in [4.69, 9.17) is 9.47 Å². The number of carbonyl (C=O) groups is 1. The van der Waals surface area contributed by atoms with Gasteiger partial charge in [-0.25, -0.2) is 8.42 Å². The van der Waals surface area contributed by atoms with Crippen LogP contribution in [0.3, 0.4) is 0 Å². The van der Waals surface area contributed by atoms with E-state index in [1.165, 1.54) is 12.1 Å². The lowest BCUT2D eigenvalue weighted by atomic mass is 9.85. The van der Waals surface area contributed by atoms with Crippen LogP contribution in [0.1, 0.15) is 43.1 Å². The van der Waals surface area contributed by atoms with Crippen molar-refractivity contribution in [1.82, 2.24) is 9.62 Å². The summed E-state index contributed by atoms with van der Waals surface area (Å²) >= 11 is 0. The number of para-hydroxylation sites is 1. The molecular formula is C31H37N3O8S. The van der Waals surface area contributed by atoms with E-state index >= 15 is 0 Å². The maximum atomic E-state index is 13.8. The van der Waals surface area contributed by atoms with Gasteiger partial charge in [-0.3, -0.25) is 14.9 Å². The molecule has 4 rings (SSSR count). The van der Waals surface area contributed by atoms with Crippen molar-refractivity contribution >= 4 is 21.6 Å². The van der Waals surface area contributed by atoms with Crippen molar-refractivity contribution in [3.8, 4) is 5.75 Å². The van der Waals surface area contributed by atoms with Crippen LogP contribution in [0.15, 0.2) is 83.8 Å². The molecule has 12 heteroatoms. The second-order valence-electron chi connectivity index (χ2n) is 11.1. The summed E-state index contributed by atoms with van der Waals surface area (Å²) in [5, 5.41) is 25.8. The van der Waals surface area contributed by atoms with Crippen LogP contribution >= 0.6 is 0 Å². The van der Waals surface area contributed by atoms with Gasteiger partial charge in [0.15, 0.2) is 0 Å². The van der Waals surface area contributed by atoms with Crippen molar-refractivity contribution in [2.24, 2.45) is 5.92 Å². The van der Waals surface area contributed by atoms with E-state index in [2.05, 4.69) is 5.32 Å². The Bertz CT molecular complexity index is 1510. The monoisotopic (exact) mass is 611 g/mol. The number of non-ortho nitro benzene ring substituents is 1. The van der Waals surface area contributed by atoms with E-state index in [1.54, 1.807) is 61.5 Å². The van der Waals surface area contributed by atoms with Crippen molar-refractivity contribution in [2.75, 3.05) is 26.3 Å². The van der Waals surface area contributed by atoms with Gasteiger partial charge in [0, 0.05) is 31.6 Å². The number of aliphatic hydroxyl groups excluding tert-OH is 1. The highest BCUT2D eigenvalue weighted by atomic mass is 32.2. The molecule has 1 aliphatic heterocycles. The summed E-state index contributed by atoms with van der Waals surface area (Å²) in [5.74, 6) is -0.239. The van der Waals surface area contributed by atoms with E-state index in [0.29, 0.717) is 30.9 Å². The third-order valence-electron chi connectivity index (χ3n) is 7.36. The lowest BCUT2D eigenvalue weighted by molar-refractivity contribution is -0.384. The van der Waals surface area contributed by atoms with Gasteiger partial charge in [0.2, 0.25) is 10.0 Å². The third kappa shape index (κ3) is 7.57. The Kier molecular flexibility index (Phi) is 10.2. The fourth-order valence-electron chi connectivity index (χ4n) is 4.92. The summed E-state index contributed by atoms with van der Waals surface area (Å²) in [7, 11) is -4.17. The van der Waals surface area contributed by atoms with Crippen molar-refractivity contribution in [3.05, 3.63) is 100 Å². The molecule has 230 valence electrons. The van der Waals surface area contributed by atoms with Gasteiger partial charge in [-0.1, -0.05) is 56.3 Å². The minimum absolute atomic E-state index is 0.0648. The van der Waals surface area contributed by atoms with Gasteiger partial charge in [-0.15, -0.1) is 0 Å². The van der Waals surface area contributed by atoms with Gasteiger partial charge in [-0.05, 0) is 42.7 Å². The highest BCUT2D eigenvalue weighted by Gasteiger charge is 2.40. The summed E-state index contributed by atoms with van der Waals surface area (Å²) in [4.78, 5) is 24.1. The second-order valence-corrected chi connectivity index (χ2v) is 13.0. The Balaban J connectivity index is 1.66. The number of ether oxygens (including phenoxy) is 2. The minimum atomic E-state index is -4.17. The molecule has 0 spiro atoms. The van der Waals surface area contributed by atoms with E-state index < -0.39 is 32.5 Å². The molecule has 1 saturated heterocycles. The summed E-state index contributed by atoms with van der Waals surface area (Å²) < 4.78 is 40.1. The number of aliphatic hydroxyl groups is 1. The van der Waals surface area contributed by atoms with Gasteiger partial charge < -0.3 is 19.9 Å². The molecule has 1 heterocycles. The number of amides is 1. The van der Waals surface area contributed by atoms with Crippen LogP contribution in [0.5, 0.6) is 5.75 Å². The van der Waals surface area contributed by atoms with E-state index in [1.807, 2.05) is 13.8 Å². The molecule has 2 N–H and O–H groups in total. The van der Waals surface area contributed by atoms with Gasteiger partial charge >= 0.3 is 0 Å². The number of nitro benzene ring substituents is 1.